The van der Waals surface area contributed by atoms with Crippen LogP contribution in [0.25, 0.3) is 0 Å². The number of guanidine groups is 1. The fourth-order valence-electron chi connectivity index (χ4n) is 3.29. The smallest absolute Gasteiger partial charge is 0.367 e. The van der Waals surface area contributed by atoms with E-state index in [9.17, 15) is 17.6 Å². The number of rotatable bonds is 7. The first-order valence-electron chi connectivity index (χ1n) is 9.89. The summed E-state index contributed by atoms with van der Waals surface area (Å²) in [6.07, 6.45) is -1.93. The first-order valence-corrected chi connectivity index (χ1v) is 9.89. The molecule has 2 aromatic rings. The Bertz CT molecular complexity index is 879. The van der Waals surface area contributed by atoms with Crippen LogP contribution in [0.5, 0.6) is 0 Å². The molecule has 11 heteroatoms. The molecule has 3 rings (SSSR count). The summed E-state index contributed by atoms with van der Waals surface area (Å²) in [6.45, 7) is 0.450. The third kappa shape index (κ3) is 8.08. The normalized spacial score (nSPS) is 16.6. The van der Waals surface area contributed by atoms with E-state index in [-0.39, 0.29) is 42.4 Å². The van der Waals surface area contributed by atoms with Gasteiger partial charge in [0.15, 0.2) is 17.6 Å². The van der Waals surface area contributed by atoms with Crippen LogP contribution in [0.4, 0.5) is 23.4 Å². The molecule has 0 aliphatic carbocycles. The summed E-state index contributed by atoms with van der Waals surface area (Å²) in [6, 6.07) is 10.2. The topological polar surface area (TPSA) is 61.8 Å². The van der Waals surface area contributed by atoms with Gasteiger partial charge in [-0.15, -0.1) is 24.0 Å². The van der Waals surface area contributed by atoms with E-state index >= 15 is 0 Å². The molecule has 2 heterocycles. The molecule has 0 bridgehead atoms. The Labute approximate surface area is 201 Å². The number of hydrogen-bond donors (Lipinski definition) is 2. The molecule has 0 amide bonds. The third-order valence-electron chi connectivity index (χ3n) is 4.81. The molecule has 1 aliphatic heterocycles. The Morgan fingerprint density at radius 2 is 1.94 bits per heavy atom. The fourth-order valence-corrected chi connectivity index (χ4v) is 3.29. The zero-order valence-electron chi connectivity index (χ0n) is 17.5. The highest BCUT2D eigenvalue weighted by atomic mass is 127. The van der Waals surface area contributed by atoms with Gasteiger partial charge >= 0.3 is 6.18 Å². The van der Waals surface area contributed by atoms with Crippen LogP contribution >= 0.6 is 24.0 Å². The quantitative estimate of drug-likeness (QED) is 0.231. The summed E-state index contributed by atoms with van der Waals surface area (Å²) in [5, 5.41) is 6.54. The molecule has 1 fully saturated rings. The lowest BCUT2D eigenvalue weighted by Gasteiger charge is -2.20. The minimum absolute atomic E-state index is 0. The Hall–Kier alpha value is -2.15. The number of nitrogens with zero attached hydrogens (tertiary/aromatic N) is 3. The predicted octanol–water partition coefficient (Wildman–Crippen LogP) is 3.86. The number of hydrogen-bond acceptors (Lipinski definition) is 4. The van der Waals surface area contributed by atoms with Gasteiger partial charge in [-0.1, -0.05) is 24.3 Å². The molecule has 1 aromatic carbocycles. The lowest BCUT2D eigenvalue weighted by atomic mass is 10.1. The van der Waals surface area contributed by atoms with Crippen LogP contribution in [0, 0.1) is 5.82 Å². The van der Waals surface area contributed by atoms with Crippen molar-refractivity contribution in [2.24, 2.45) is 4.99 Å². The molecule has 32 heavy (non-hydrogen) atoms. The van der Waals surface area contributed by atoms with E-state index in [0.29, 0.717) is 37.0 Å². The van der Waals surface area contributed by atoms with E-state index in [4.69, 9.17) is 0 Å². The molecular formula is C21H26F4IN5O. The fraction of sp³-hybridized carbons (Fsp3) is 0.429. The predicted molar refractivity (Wildman–Crippen MR) is 126 cm³/mol. The second-order valence-electron chi connectivity index (χ2n) is 7.24. The molecule has 1 atom stereocenters. The highest BCUT2D eigenvalue weighted by molar-refractivity contribution is 14.0. The highest BCUT2D eigenvalue weighted by Crippen LogP contribution is 2.20. The number of halogens is 5. The van der Waals surface area contributed by atoms with Crippen molar-refractivity contribution >= 4 is 35.8 Å². The van der Waals surface area contributed by atoms with Gasteiger partial charge in [-0.05, 0) is 29.7 Å². The number of ether oxygens (including phenoxy) is 1. The number of anilines is 1. The summed E-state index contributed by atoms with van der Waals surface area (Å²) in [5.41, 5.74) is 1.62. The van der Waals surface area contributed by atoms with E-state index in [1.165, 1.54) is 6.07 Å². The number of nitrogens with one attached hydrogen (secondary N) is 2. The van der Waals surface area contributed by atoms with Crippen molar-refractivity contribution in [3.63, 3.8) is 0 Å². The molecule has 0 spiro atoms. The standard InChI is InChI=1S/C21H25F4N5O.HI/c1-26-20(29-17-8-10-30(12-17)19-18(22)3-2-9-27-19)28-11-15-4-6-16(7-5-15)13-31-14-21(23,24)25;/h2-7,9,17H,8,10-14H2,1H3,(H2,26,28,29);1H. The molecule has 0 saturated carbocycles. The number of aliphatic imine (C=N–C) groups is 1. The molecule has 1 aliphatic rings. The number of benzene rings is 1. The minimum Gasteiger partial charge on any atom is -0.367 e. The average molecular weight is 567 g/mol. The first kappa shape index (κ1) is 26.1. The molecule has 6 nitrogen and oxygen atoms in total. The lowest BCUT2D eigenvalue weighted by molar-refractivity contribution is -0.176. The maximum atomic E-state index is 13.9. The monoisotopic (exact) mass is 567 g/mol. The van der Waals surface area contributed by atoms with Crippen molar-refractivity contribution in [1.29, 1.82) is 0 Å². The largest absolute Gasteiger partial charge is 0.411 e. The van der Waals surface area contributed by atoms with Crippen molar-refractivity contribution in [2.45, 2.75) is 31.8 Å². The molecule has 1 aromatic heterocycles. The summed E-state index contributed by atoms with van der Waals surface area (Å²) in [4.78, 5) is 10.2. The van der Waals surface area contributed by atoms with Crippen molar-refractivity contribution in [3.05, 3.63) is 59.5 Å². The molecular weight excluding hydrogens is 541 g/mol. The van der Waals surface area contributed by atoms with Crippen LogP contribution in [0.3, 0.4) is 0 Å². The zero-order chi connectivity index (χ0) is 22.3. The number of pyridine rings is 1. The third-order valence-corrected chi connectivity index (χ3v) is 4.81. The van der Waals surface area contributed by atoms with Gasteiger partial charge in [0.05, 0.1) is 6.61 Å². The molecule has 1 unspecified atom stereocenters. The summed E-state index contributed by atoms with van der Waals surface area (Å²) >= 11 is 0. The number of aromatic nitrogens is 1. The Kier molecular flexibility index (Phi) is 9.94. The Balaban J connectivity index is 0.00000363. The highest BCUT2D eigenvalue weighted by Gasteiger charge is 2.27. The maximum Gasteiger partial charge on any atom is 0.411 e. The maximum absolute atomic E-state index is 13.9. The van der Waals surface area contributed by atoms with Crippen LogP contribution in [-0.2, 0) is 17.9 Å². The Morgan fingerprint density at radius 3 is 2.59 bits per heavy atom. The second-order valence-corrected chi connectivity index (χ2v) is 7.24. The zero-order valence-corrected chi connectivity index (χ0v) is 19.9. The molecule has 0 radical (unpaired) electrons. The van der Waals surface area contributed by atoms with Gasteiger partial charge in [-0.2, -0.15) is 13.2 Å². The van der Waals surface area contributed by atoms with E-state index < -0.39 is 12.8 Å². The van der Waals surface area contributed by atoms with E-state index in [1.54, 1.807) is 31.4 Å². The average Bonchev–Trinajstić information content (AvgIpc) is 3.20. The molecule has 176 valence electrons. The summed E-state index contributed by atoms with van der Waals surface area (Å²) in [7, 11) is 1.67. The van der Waals surface area contributed by atoms with Crippen molar-refractivity contribution < 1.29 is 22.3 Å². The van der Waals surface area contributed by atoms with Gasteiger partial charge in [0, 0.05) is 38.9 Å². The van der Waals surface area contributed by atoms with Crippen LogP contribution < -0.4 is 15.5 Å². The Morgan fingerprint density at radius 1 is 1.22 bits per heavy atom. The molecule has 1 saturated heterocycles. The second kappa shape index (κ2) is 12.2. The van der Waals surface area contributed by atoms with Crippen LogP contribution in [-0.4, -0.2) is 49.9 Å². The van der Waals surface area contributed by atoms with E-state index in [1.807, 2.05) is 17.0 Å². The van der Waals surface area contributed by atoms with Crippen LogP contribution in [0.15, 0.2) is 47.6 Å². The van der Waals surface area contributed by atoms with Crippen LogP contribution in [0.1, 0.15) is 17.5 Å². The summed E-state index contributed by atoms with van der Waals surface area (Å²) < 4.78 is 55.0. The van der Waals surface area contributed by atoms with Crippen molar-refractivity contribution in [1.82, 2.24) is 15.6 Å². The van der Waals surface area contributed by atoms with Gasteiger partial charge in [0.2, 0.25) is 0 Å². The van der Waals surface area contributed by atoms with E-state index in [0.717, 1.165) is 12.0 Å². The van der Waals surface area contributed by atoms with Crippen LogP contribution in [0.2, 0.25) is 0 Å². The van der Waals surface area contributed by atoms with Gasteiger partial charge in [-0.3, -0.25) is 4.99 Å². The van der Waals surface area contributed by atoms with Gasteiger partial charge < -0.3 is 20.3 Å². The minimum atomic E-state index is -4.32. The van der Waals surface area contributed by atoms with Gasteiger partial charge in [0.25, 0.3) is 0 Å². The first-order chi connectivity index (χ1) is 14.8. The number of alkyl halides is 3. The van der Waals surface area contributed by atoms with Gasteiger partial charge in [-0.25, -0.2) is 9.37 Å². The van der Waals surface area contributed by atoms with Crippen molar-refractivity contribution in [2.75, 3.05) is 31.6 Å². The summed E-state index contributed by atoms with van der Waals surface area (Å²) in [5.74, 6) is 0.637. The van der Waals surface area contributed by atoms with Gasteiger partial charge in [0.1, 0.15) is 6.61 Å². The SMILES string of the molecule is CN=C(NCc1ccc(COCC(F)(F)F)cc1)NC1CCN(c2ncccc2F)C1.I. The van der Waals surface area contributed by atoms with Crippen molar-refractivity contribution in [3.8, 4) is 0 Å². The van der Waals surface area contributed by atoms with E-state index in [2.05, 4.69) is 25.3 Å². The lowest BCUT2D eigenvalue weighted by Crippen LogP contribution is -2.44. The molecule has 2 N–H and O–H groups in total.